The van der Waals surface area contributed by atoms with Crippen molar-refractivity contribution in [2.75, 3.05) is 13.2 Å². The number of benzene rings is 1. The van der Waals surface area contributed by atoms with Gasteiger partial charge in [0.25, 0.3) is 5.69 Å². The molecular formula is C15H17N5O4. The van der Waals surface area contributed by atoms with Gasteiger partial charge in [0.05, 0.1) is 23.7 Å². The first-order valence-corrected chi connectivity index (χ1v) is 7.22. The van der Waals surface area contributed by atoms with Gasteiger partial charge >= 0.3 is 6.03 Å². The number of nitro groups is 1. The fraction of sp³-hybridized carbons (Fsp3) is 0.267. The summed E-state index contributed by atoms with van der Waals surface area (Å²) in [5, 5.41) is 15.8. The molecule has 2 rings (SSSR count). The van der Waals surface area contributed by atoms with Crippen molar-refractivity contribution in [2.24, 2.45) is 0 Å². The molecule has 0 fully saturated rings. The van der Waals surface area contributed by atoms with Gasteiger partial charge in [-0.1, -0.05) is 0 Å². The average Bonchev–Trinajstić information content (AvgIpc) is 2.57. The van der Waals surface area contributed by atoms with Crippen LogP contribution in [0, 0.1) is 17.0 Å². The van der Waals surface area contributed by atoms with Gasteiger partial charge in [0.15, 0.2) is 0 Å². The van der Waals surface area contributed by atoms with E-state index in [0.717, 1.165) is 5.69 Å². The summed E-state index contributed by atoms with van der Waals surface area (Å²) in [6.07, 6.45) is 1.63. The number of nitrogens with one attached hydrogen (secondary N) is 2. The van der Waals surface area contributed by atoms with Crippen LogP contribution in [0.15, 0.2) is 36.5 Å². The Hall–Kier alpha value is -3.23. The molecule has 1 aromatic carbocycles. The van der Waals surface area contributed by atoms with Gasteiger partial charge in [-0.25, -0.2) is 14.8 Å². The first kappa shape index (κ1) is 17.1. The lowest BCUT2D eigenvalue weighted by molar-refractivity contribution is -0.384. The van der Waals surface area contributed by atoms with Crippen LogP contribution in [0.5, 0.6) is 5.75 Å². The van der Waals surface area contributed by atoms with Crippen molar-refractivity contribution < 1.29 is 14.5 Å². The SMILES string of the molecule is Cc1nccc(CNC(=O)NCCOc2ccc([N+](=O)[O-])cc2)n1. The lowest BCUT2D eigenvalue weighted by Crippen LogP contribution is -2.37. The van der Waals surface area contributed by atoms with Crippen molar-refractivity contribution in [3.05, 3.63) is 58.2 Å². The van der Waals surface area contributed by atoms with Crippen LogP contribution >= 0.6 is 0 Å². The average molecular weight is 331 g/mol. The monoisotopic (exact) mass is 331 g/mol. The minimum Gasteiger partial charge on any atom is -0.492 e. The van der Waals surface area contributed by atoms with E-state index in [1.807, 2.05) is 0 Å². The Bertz CT molecular complexity index is 705. The fourth-order valence-electron chi connectivity index (χ4n) is 1.83. The molecule has 0 aliphatic heterocycles. The summed E-state index contributed by atoms with van der Waals surface area (Å²) in [5.41, 5.74) is 0.722. The Labute approximate surface area is 138 Å². The number of hydrogen-bond acceptors (Lipinski definition) is 6. The van der Waals surface area contributed by atoms with Crippen LogP contribution < -0.4 is 15.4 Å². The van der Waals surface area contributed by atoms with E-state index in [0.29, 0.717) is 24.7 Å². The molecule has 0 atom stereocenters. The number of nitro benzene ring substituents is 1. The van der Waals surface area contributed by atoms with Crippen LogP contribution in [0.1, 0.15) is 11.5 Å². The molecule has 0 bridgehead atoms. The van der Waals surface area contributed by atoms with Crippen molar-refractivity contribution in [3.8, 4) is 5.75 Å². The van der Waals surface area contributed by atoms with Gasteiger partial charge in [-0.3, -0.25) is 10.1 Å². The van der Waals surface area contributed by atoms with Crippen molar-refractivity contribution in [1.82, 2.24) is 20.6 Å². The zero-order valence-corrected chi connectivity index (χ0v) is 13.1. The van der Waals surface area contributed by atoms with Gasteiger partial charge in [-0.2, -0.15) is 0 Å². The maximum atomic E-state index is 11.6. The number of amides is 2. The van der Waals surface area contributed by atoms with Gasteiger partial charge in [0, 0.05) is 18.3 Å². The molecule has 2 amide bonds. The number of aromatic nitrogens is 2. The Balaban J connectivity index is 1.64. The summed E-state index contributed by atoms with van der Waals surface area (Å²) in [5.74, 6) is 1.14. The van der Waals surface area contributed by atoms with E-state index >= 15 is 0 Å². The zero-order chi connectivity index (χ0) is 17.4. The normalized spacial score (nSPS) is 10.0. The van der Waals surface area contributed by atoms with E-state index < -0.39 is 4.92 Å². The molecule has 0 aliphatic rings. The molecule has 1 aromatic heterocycles. The highest BCUT2D eigenvalue weighted by Crippen LogP contribution is 2.16. The van der Waals surface area contributed by atoms with E-state index in [1.54, 1.807) is 19.2 Å². The van der Waals surface area contributed by atoms with Gasteiger partial charge in [0.1, 0.15) is 18.2 Å². The Kier molecular flexibility index (Phi) is 6.01. The summed E-state index contributed by atoms with van der Waals surface area (Å²) in [7, 11) is 0. The molecule has 9 heteroatoms. The minimum absolute atomic E-state index is 0.000175. The maximum absolute atomic E-state index is 11.6. The van der Waals surface area contributed by atoms with Crippen molar-refractivity contribution in [3.63, 3.8) is 0 Å². The molecule has 126 valence electrons. The molecule has 0 spiro atoms. The van der Waals surface area contributed by atoms with Gasteiger partial charge in [0.2, 0.25) is 0 Å². The van der Waals surface area contributed by atoms with Crippen molar-refractivity contribution >= 4 is 11.7 Å². The molecule has 0 aliphatic carbocycles. The third-order valence-electron chi connectivity index (χ3n) is 2.97. The van der Waals surface area contributed by atoms with Crippen LogP contribution in [0.25, 0.3) is 0 Å². The summed E-state index contributed by atoms with van der Waals surface area (Å²) >= 11 is 0. The topological polar surface area (TPSA) is 119 Å². The first-order chi connectivity index (χ1) is 11.5. The third-order valence-corrected chi connectivity index (χ3v) is 2.97. The number of urea groups is 1. The Morgan fingerprint density at radius 2 is 2.00 bits per heavy atom. The molecule has 0 unspecified atom stereocenters. The highest BCUT2D eigenvalue weighted by Gasteiger charge is 2.05. The number of rotatable bonds is 7. The van der Waals surface area contributed by atoms with Crippen LogP contribution in [0.3, 0.4) is 0 Å². The molecule has 0 radical (unpaired) electrons. The second kappa shape index (κ2) is 8.42. The van der Waals surface area contributed by atoms with E-state index in [2.05, 4.69) is 20.6 Å². The minimum atomic E-state index is -0.477. The standard InChI is InChI=1S/C15H17N5O4/c1-11-16-7-6-12(19-11)10-18-15(21)17-8-9-24-14-4-2-13(3-5-14)20(22)23/h2-7H,8-10H2,1H3,(H2,17,18,21). The van der Waals surface area contributed by atoms with E-state index in [9.17, 15) is 14.9 Å². The molecule has 1 heterocycles. The molecule has 0 saturated heterocycles. The maximum Gasteiger partial charge on any atom is 0.315 e. The van der Waals surface area contributed by atoms with Gasteiger partial charge in [-0.15, -0.1) is 0 Å². The number of nitrogens with zero attached hydrogens (tertiary/aromatic N) is 3. The zero-order valence-electron chi connectivity index (χ0n) is 13.1. The highest BCUT2D eigenvalue weighted by atomic mass is 16.6. The predicted octanol–water partition coefficient (Wildman–Crippen LogP) is 1.57. The second-order valence-corrected chi connectivity index (χ2v) is 4.80. The highest BCUT2D eigenvalue weighted by molar-refractivity contribution is 5.73. The lowest BCUT2D eigenvalue weighted by atomic mass is 10.3. The molecule has 9 nitrogen and oxygen atoms in total. The van der Waals surface area contributed by atoms with Crippen LogP contribution in [0.2, 0.25) is 0 Å². The van der Waals surface area contributed by atoms with E-state index in [1.165, 1.54) is 24.3 Å². The largest absolute Gasteiger partial charge is 0.492 e. The Morgan fingerprint density at radius 1 is 1.25 bits per heavy atom. The Morgan fingerprint density at radius 3 is 2.67 bits per heavy atom. The molecule has 2 aromatic rings. The molecule has 2 N–H and O–H groups in total. The smallest absolute Gasteiger partial charge is 0.315 e. The van der Waals surface area contributed by atoms with Crippen molar-refractivity contribution in [2.45, 2.75) is 13.5 Å². The van der Waals surface area contributed by atoms with Crippen LogP contribution in [0.4, 0.5) is 10.5 Å². The van der Waals surface area contributed by atoms with Gasteiger partial charge < -0.3 is 15.4 Å². The molecule has 24 heavy (non-hydrogen) atoms. The summed E-state index contributed by atoms with van der Waals surface area (Å²) in [6.45, 7) is 2.63. The molecule has 0 saturated carbocycles. The number of hydrogen-bond donors (Lipinski definition) is 2. The first-order valence-electron chi connectivity index (χ1n) is 7.22. The summed E-state index contributed by atoms with van der Waals surface area (Å²) < 4.78 is 5.38. The van der Waals surface area contributed by atoms with Crippen LogP contribution in [-0.2, 0) is 6.54 Å². The van der Waals surface area contributed by atoms with Crippen molar-refractivity contribution in [1.29, 1.82) is 0 Å². The summed E-state index contributed by atoms with van der Waals surface area (Å²) in [6, 6.07) is 7.13. The number of carbonyl (C=O) groups is 1. The third kappa shape index (κ3) is 5.52. The second-order valence-electron chi connectivity index (χ2n) is 4.80. The number of aryl methyl sites for hydroxylation is 1. The number of carbonyl (C=O) groups excluding carboxylic acids is 1. The molecular weight excluding hydrogens is 314 g/mol. The lowest BCUT2D eigenvalue weighted by Gasteiger charge is -2.09. The van der Waals surface area contributed by atoms with E-state index in [4.69, 9.17) is 4.74 Å². The van der Waals surface area contributed by atoms with E-state index in [-0.39, 0.29) is 18.3 Å². The fourth-order valence-corrected chi connectivity index (χ4v) is 1.83. The summed E-state index contributed by atoms with van der Waals surface area (Å²) in [4.78, 5) is 29.8. The van der Waals surface area contributed by atoms with Gasteiger partial charge in [-0.05, 0) is 25.1 Å². The predicted molar refractivity (Wildman–Crippen MR) is 85.6 cm³/mol. The number of non-ortho nitro benzene ring substituents is 1. The number of ether oxygens (including phenoxy) is 1. The van der Waals surface area contributed by atoms with Crippen LogP contribution in [-0.4, -0.2) is 34.1 Å². The quantitative estimate of drug-likeness (QED) is 0.451.